The van der Waals surface area contributed by atoms with Crippen molar-refractivity contribution >= 4 is 17.4 Å². The molecule has 0 atom stereocenters. The maximum atomic E-state index is 12.8. The zero-order valence-corrected chi connectivity index (χ0v) is 14.2. The van der Waals surface area contributed by atoms with E-state index in [0.29, 0.717) is 13.1 Å². The first-order valence-corrected chi connectivity index (χ1v) is 8.12. The Morgan fingerprint density at radius 2 is 2.00 bits per heavy atom. The van der Waals surface area contributed by atoms with E-state index in [1.165, 1.54) is 6.07 Å². The number of aliphatic hydroxyl groups is 1. The molecule has 1 aliphatic rings. The number of alkyl halides is 3. The molecular weight excluding hydrogens is 351 g/mol. The smallest absolute Gasteiger partial charge is 0.416 e. The Balaban J connectivity index is 2.27. The molecule has 0 bridgehead atoms. The maximum Gasteiger partial charge on any atom is 0.416 e. The van der Waals surface area contributed by atoms with Gasteiger partial charge in [-0.3, -0.25) is 10.2 Å². The van der Waals surface area contributed by atoms with Crippen LogP contribution in [0.3, 0.4) is 0 Å². The fourth-order valence-electron chi connectivity index (χ4n) is 2.58. The van der Waals surface area contributed by atoms with Crippen LogP contribution in [0.2, 0.25) is 0 Å². The number of hydrogen-bond donors (Lipinski definition) is 3. The normalized spacial score (nSPS) is 15.5. The number of hydrogen-bond acceptors (Lipinski definition) is 4. The van der Waals surface area contributed by atoms with Crippen LogP contribution in [-0.4, -0.2) is 41.4 Å². The number of nitrogens with zero attached hydrogens (tertiary/aromatic N) is 1. The zero-order valence-electron chi connectivity index (χ0n) is 14.2. The molecule has 0 saturated carbocycles. The summed E-state index contributed by atoms with van der Waals surface area (Å²) in [6.45, 7) is 2.77. The van der Waals surface area contributed by atoms with Crippen molar-refractivity contribution < 1.29 is 27.8 Å². The molecule has 6 nitrogen and oxygen atoms in total. The largest absolute Gasteiger partial charge is 0.480 e. The van der Waals surface area contributed by atoms with Gasteiger partial charge in [0.25, 0.3) is 11.9 Å². The number of likely N-dealkylation sites (tertiary alicyclic amines) is 1. The number of anilines is 1. The highest BCUT2D eigenvalue weighted by molar-refractivity contribution is 6.23. The van der Waals surface area contributed by atoms with Gasteiger partial charge in [0, 0.05) is 18.8 Å². The van der Waals surface area contributed by atoms with E-state index in [1.807, 2.05) is 0 Å². The molecule has 0 aromatic heterocycles. The highest BCUT2D eigenvalue weighted by Gasteiger charge is 2.31. The zero-order chi connectivity index (χ0) is 19.3. The fourth-order valence-corrected chi connectivity index (χ4v) is 2.58. The summed E-state index contributed by atoms with van der Waals surface area (Å²) in [7, 11) is 0. The van der Waals surface area contributed by atoms with E-state index in [-0.39, 0.29) is 18.1 Å². The molecule has 26 heavy (non-hydrogen) atoms. The first-order chi connectivity index (χ1) is 12.2. The van der Waals surface area contributed by atoms with Crippen LogP contribution in [-0.2, 0) is 15.7 Å². The third-order valence-electron chi connectivity index (χ3n) is 3.83. The number of carbonyl (C=O) groups is 1. The van der Waals surface area contributed by atoms with Gasteiger partial charge in [0.2, 0.25) is 0 Å². The Bertz CT molecular complexity index is 711. The first kappa shape index (κ1) is 19.6. The minimum Gasteiger partial charge on any atom is -0.480 e. The number of halogens is 3. The van der Waals surface area contributed by atoms with Gasteiger partial charge >= 0.3 is 6.18 Å². The summed E-state index contributed by atoms with van der Waals surface area (Å²) in [5, 5.41) is 20.5. The summed E-state index contributed by atoms with van der Waals surface area (Å²) < 4.78 is 43.4. The molecule has 0 radical (unpaired) electrons. The van der Waals surface area contributed by atoms with Crippen LogP contribution >= 0.6 is 0 Å². The van der Waals surface area contributed by atoms with Crippen LogP contribution in [0.15, 0.2) is 35.8 Å². The molecule has 0 aliphatic carbocycles. The van der Waals surface area contributed by atoms with Crippen LogP contribution < -0.4 is 5.32 Å². The van der Waals surface area contributed by atoms with E-state index in [4.69, 9.17) is 10.1 Å². The Morgan fingerprint density at radius 1 is 1.35 bits per heavy atom. The average Bonchev–Trinajstić information content (AvgIpc) is 3.09. The van der Waals surface area contributed by atoms with Gasteiger partial charge in [0.15, 0.2) is 5.57 Å². The highest BCUT2D eigenvalue weighted by atomic mass is 19.4. The predicted octanol–water partition coefficient (Wildman–Crippen LogP) is 3.52. The summed E-state index contributed by atoms with van der Waals surface area (Å²) in [6.07, 6.45) is -2.85. The number of aliphatic hydroxyl groups excluding tert-OH is 1. The molecule has 1 amide bonds. The van der Waals surface area contributed by atoms with Crippen molar-refractivity contribution in [3.05, 3.63) is 41.3 Å². The van der Waals surface area contributed by atoms with Gasteiger partial charge in [0.05, 0.1) is 12.2 Å². The first-order valence-electron chi connectivity index (χ1n) is 8.12. The Hall–Kier alpha value is -2.71. The Kier molecular flexibility index (Phi) is 6.12. The van der Waals surface area contributed by atoms with Gasteiger partial charge in [0.1, 0.15) is 5.84 Å². The molecule has 1 aromatic rings. The number of carbonyl (C=O) groups excluding carboxylic acids is 1. The molecule has 1 saturated heterocycles. The highest BCUT2D eigenvalue weighted by Crippen LogP contribution is 2.30. The van der Waals surface area contributed by atoms with Gasteiger partial charge in [-0.05, 0) is 38.0 Å². The molecule has 1 fully saturated rings. The van der Waals surface area contributed by atoms with E-state index in [9.17, 15) is 23.1 Å². The van der Waals surface area contributed by atoms with Gasteiger partial charge in [-0.25, -0.2) is 0 Å². The SMILES string of the molecule is CCO/C(O)=C(\C(=N)N1CCCC1)C(=O)Nc1cccc(C(F)(F)F)c1. The lowest BCUT2D eigenvalue weighted by Gasteiger charge is -2.21. The minimum absolute atomic E-state index is 0.0689. The Labute approximate surface area is 148 Å². The van der Waals surface area contributed by atoms with Gasteiger partial charge < -0.3 is 20.1 Å². The summed E-state index contributed by atoms with van der Waals surface area (Å²) >= 11 is 0. The summed E-state index contributed by atoms with van der Waals surface area (Å²) in [6, 6.07) is 4.13. The lowest BCUT2D eigenvalue weighted by molar-refractivity contribution is -0.137. The summed E-state index contributed by atoms with van der Waals surface area (Å²) in [5.41, 5.74) is -1.42. The second kappa shape index (κ2) is 8.11. The van der Waals surface area contributed by atoms with Crippen LogP contribution in [0, 0.1) is 5.41 Å². The lowest BCUT2D eigenvalue weighted by Crippen LogP contribution is -2.34. The Morgan fingerprint density at radius 3 is 2.58 bits per heavy atom. The fraction of sp³-hybridized carbons (Fsp3) is 0.412. The number of amidine groups is 1. The van der Waals surface area contributed by atoms with E-state index in [0.717, 1.165) is 31.0 Å². The lowest BCUT2D eigenvalue weighted by atomic mass is 10.1. The van der Waals surface area contributed by atoms with E-state index >= 15 is 0 Å². The molecule has 142 valence electrons. The van der Waals surface area contributed by atoms with Gasteiger partial charge in [-0.2, -0.15) is 13.2 Å². The third-order valence-corrected chi connectivity index (χ3v) is 3.83. The van der Waals surface area contributed by atoms with Crippen molar-refractivity contribution in [1.82, 2.24) is 4.90 Å². The van der Waals surface area contributed by atoms with Gasteiger partial charge in [-0.15, -0.1) is 0 Å². The topological polar surface area (TPSA) is 85.7 Å². The van der Waals surface area contributed by atoms with Crippen molar-refractivity contribution in [3.63, 3.8) is 0 Å². The van der Waals surface area contributed by atoms with Crippen LogP contribution in [0.1, 0.15) is 25.3 Å². The molecule has 9 heteroatoms. The quantitative estimate of drug-likeness (QED) is 0.320. The molecule has 0 spiro atoms. The van der Waals surface area contributed by atoms with E-state index in [2.05, 4.69) is 5.32 Å². The monoisotopic (exact) mass is 371 g/mol. The molecule has 2 rings (SSSR count). The van der Waals surface area contributed by atoms with E-state index in [1.54, 1.807) is 11.8 Å². The van der Waals surface area contributed by atoms with Crippen molar-refractivity contribution in [1.29, 1.82) is 5.41 Å². The van der Waals surface area contributed by atoms with Crippen LogP contribution in [0.4, 0.5) is 18.9 Å². The summed E-state index contributed by atoms with van der Waals surface area (Å²) in [5.74, 6) is -1.86. The second-order valence-corrected chi connectivity index (χ2v) is 5.69. The maximum absolute atomic E-state index is 12.8. The molecular formula is C17H20F3N3O3. The minimum atomic E-state index is -4.55. The van der Waals surface area contributed by atoms with Crippen LogP contribution in [0.5, 0.6) is 0 Å². The number of benzene rings is 1. The standard InChI is InChI=1S/C17H20F3N3O3/c1-2-26-16(25)13(14(21)23-8-3-4-9-23)15(24)22-12-7-5-6-11(10-12)17(18,19)20/h5-7,10,21,25H,2-4,8-9H2,1H3,(H,22,24)/b16-13+,21-14?. The second-order valence-electron chi connectivity index (χ2n) is 5.69. The molecule has 3 N–H and O–H groups in total. The van der Waals surface area contributed by atoms with Crippen LogP contribution in [0.25, 0.3) is 0 Å². The number of amides is 1. The average molecular weight is 371 g/mol. The van der Waals surface area contributed by atoms with E-state index < -0.39 is 29.2 Å². The van der Waals surface area contributed by atoms with Gasteiger partial charge in [-0.1, -0.05) is 6.07 Å². The molecule has 1 heterocycles. The summed E-state index contributed by atoms with van der Waals surface area (Å²) in [4.78, 5) is 14.1. The van der Waals surface area contributed by atoms with Crippen molar-refractivity contribution in [3.8, 4) is 0 Å². The number of rotatable bonds is 5. The van der Waals surface area contributed by atoms with Crippen molar-refractivity contribution in [2.24, 2.45) is 0 Å². The number of nitrogens with one attached hydrogen (secondary N) is 2. The van der Waals surface area contributed by atoms with Crippen molar-refractivity contribution in [2.75, 3.05) is 25.0 Å². The van der Waals surface area contributed by atoms with Crippen molar-refractivity contribution in [2.45, 2.75) is 25.9 Å². The predicted molar refractivity (Wildman–Crippen MR) is 89.9 cm³/mol. The molecule has 1 aliphatic heterocycles. The number of ether oxygens (including phenoxy) is 1. The molecule has 0 unspecified atom stereocenters. The third kappa shape index (κ3) is 4.68. The molecule has 1 aromatic carbocycles.